The smallest absolute Gasteiger partial charge is 0.252 e. The van der Waals surface area contributed by atoms with Gasteiger partial charge in [0.25, 0.3) is 5.56 Å². The molecule has 2 aromatic rings. The number of nitrogens with zero attached hydrogens (tertiary/aromatic N) is 1. The van der Waals surface area contributed by atoms with E-state index in [2.05, 4.69) is 31.2 Å². The standard InChI is InChI=1S/C9H8BrN3OS/c10-6-1-7(15-4-6)3-11-8-2-9(14)13-5-12-8/h1-2,4-5H,3H2,(H2,11,12,13,14). The highest BCUT2D eigenvalue weighted by Gasteiger charge is 1.98. The molecule has 0 amide bonds. The average Bonchev–Trinajstić information content (AvgIpc) is 2.62. The van der Waals surface area contributed by atoms with Crippen molar-refractivity contribution >= 4 is 33.1 Å². The SMILES string of the molecule is O=c1cc(NCc2cc(Br)cs2)nc[nH]1. The van der Waals surface area contributed by atoms with Crippen LogP contribution in [0.1, 0.15) is 4.88 Å². The number of halogens is 1. The van der Waals surface area contributed by atoms with E-state index in [9.17, 15) is 4.79 Å². The lowest BCUT2D eigenvalue weighted by molar-refractivity contribution is 1.07. The first-order valence-electron chi connectivity index (χ1n) is 4.25. The van der Waals surface area contributed by atoms with Gasteiger partial charge in [0, 0.05) is 20.8 Å². The lowest BCUT2D eigenvalue weighted by atomic mass is 10.4. The molecule has 0 atom stereocenters. The summed E-state index contributed by atoms with van der Waals surface area (Å²) in [6.07, 6.45) is 1.38. The second kappa shape index (κ2) is 4.59. The third-order valence-corrected chi connectivity index (χ3v) is 3.44. The van der Waals surface area contributed by atoms with Crippen LogP contribution >= 0.6 is 27.3 Å². The molecule has 0 saturated carbocycles. The van der Waals surface area contributed by atoms with E-state index in [4.69, 9.17) is 0 Å². The van der Waals surface area contributed by atoms with Gasteiger partial charge < -0.3 is 10.3 Å². The molecule has 78 valence electrons. The zero-order valence-corrected chi connectivity index (χ0v) is 10.1. The van der Waals surface area contributed by atoms with Crippen molar-refractivity contribution in [1.29, 1.82) is 0 Å². The molecule has 0 unspecified atom stereocenters. The van der Waals surface area contributed by atoms with Crippen LogP contribution in [0.4, 0.5) is 5.82 Å². The van der Waals surface area contributed by atoms with Gasteiger partial charge in [-0.15, -0.1) is 11.3 Å². The van der Waals surface area contributed by atoms with Crippen molar-refractivity contribution in [3.63, 3.8) is 0 Å². The summed E-state index contributed by atoms with van der Waals surface area (Å²) < 4.78 is 1.07. The largest absolute Gasteiger partial charge is 0.365 e. The van der Waals surface area contributed by atoms with Gasteiger partial charge in [0.15, 0.2) is 0 Å². The van der Waals surface area contributed by atoms with Crippen LogP contribution in [0.25, 0.3) is 0 Å². The summed E-state index contributed by atoms with van der Waals surface area (Å²) in [7, 11) is 0. The summed E-state index contributed by atoms with van der Waals surface area (Å²) in [5.74, 6) is 0.586. The molecule has 0 bridgehead atoms. The average molecular weight is 286 g/mol. The van der Waals surface area contributed by atoms with Crippen LogP contribution in [0, 0.1) is 0 Å². The van der Waals surface area contributed by atoms with E-state index in [1.54, 1.807) is 11.3 Å². The van der Waals surface area contributed by atoms with Gasteiger partial charge in [-0.3, -0.25) is 4.79 Å². The van der Waals surface area contributed by atoms with E-state index in [0.29, 0.717) is 12.4 Å². The number of H-pyrrole nitrogens is 1. The Balaban J connectivity index is 2.02. The van der Waals surface area contributed by atoms with Crippen LogP contribution in [-0.4, -0.2) is 9.97 Å². The van der Waals surface area contributed by atoms with Gasteiger partial charge >= 0.3 is 0 Å². The van der Waals surface area contributed by atoms with Crippen molar-refractivity contribution in [3.8, 4) is 0 Å². The summed E-state index contributed by atoms with van der Waals surface area (Å²) in [5.41, 5.74) is -0.153. The third-order valence-electron chi connectivity index (χ3n) is 1.74. The highest BCUT2D eigenvalue weighted by Crippen LogP contribution is 2.20. The third kappa shape index (κ3) is 2.90. The number of aromatic nitrogens is 2. The van der Waals surface area contributed by atoms with Gasteiger partial charge in [-0.25, -0.2) is 4.98 Å². The summed E-state index contributed by atoms with van der Waals surface area (Å²) in [5, 5.41) is 5.09. The predicted octanol–water partition coefficient (Wildman–Crippen LogP) is 2.21. The van der Waals surface area contributed by atoms with Crippen LogP contribution in [0.15, 0.2) is 33.1 Å². The van der Waals surface area contributed by atoms with E-state index in [0.717, 1.165) is 4.47 Å². The highest BCUT2D eigenvalue weighted by atomic mass is 79.9. The van der Waals surface area contributed by atoms with Gasteiger partial charge in [0.05, 0.1) is 12.9 Å². The zero-order valence-electron chi connectivity index (χ0n) is 7.66. The van der Waals surface area contributed by atoms with Crippen LogP contribution in [0.5, 0.6) is 0 Å². The fourth-order valence-corrected chi connectivity index (χ4v) is 2.48. The fourth-order valence-electron chi connectivity index (χ4n) is 1.09. The molecular formula is C9H8BrN3OS. The van der Waals surface area contributed by atoms with Crippen LogP contribution < -0.4 is 10.9 Å². The lowest BCUT2D eigenvalue weighted by Crippen LogP contribution is -2.08. The van der Waals surface area contributed by atoms with Crippen LogP contribution in [0.3, 0.4) is 0 Å². The van der Waals surface area contributed by atoms with E-state index >= 15 is 0 Å². The van der Waals surface area contributed by atoms with Crippen molar-refractivity contribution in [3.05, 3.63) is 43.5 Å². The fraction of sp³-hybridized carbons (Fsp3) is 0.111. The summed E-state index contributed by atoms with van der Waals surface area (Å²) in [6.45, 7) is 0.673. The molecule has 2 N–H and O–H groups in total. The Bertz CT molecular complexity index is 508. The monoisotopic (exact) mass is 285 g/mol. The Kier molecular flexibility index (Phi) is 3.17. The minimum absolute atomic E-state index is 0.153. The van der Waals surface area contributed by atoms with E-state index in [1.165, 1.54) is 17.3 Å². The van der Waals surface area contributed by atoms with Crippen molar-refractivity contribution < 1.29 is 0 Å². The van der Waals surface area contributed by atoms with Gasteiger partial charge in [0.2, 0.25) is 0 Å². The minimum Gasteiger partial charge on any atom is -0.365 e. The maximum atomic E-state index is 11.0. The summed E-state index contributed by atoms with van der Waals surface area (Å²) in [6, 6.07) is 3.47. The Morgan fingerprint density at radius 1 is 1.53 bits per heavy atom. The molecule has 0 aliphatic rings. The van der Waals surface area contributed by atoms with Crippen molar-refractivity contribution in [1.82, 2.24) is 9.97 Å². The van der Waals surface area contributed by atoms with Gasteiger partial charge in [-0.2, -0.15) is 0 Å². The number of nitrogens with one attached hydrogen (secondary N) is 2. The van der Waals surface area contributed by atoms with E-state index in [1.807, 2.05) is 11.4 Å². The topological polar surface area (TPSA) is 57.8 Å². The molecule has 0 spiro atoms. The van der Waals surface area contributed by atoms with Gasteiger partial charge in [-0.1, -0.05) is 0 Å². The number of anilines is 1. The van der Waals surface area contributed by atoms with Crippen molar-refractivity contribution in [2.45, 2.75) is 6.54 Å². The van der Waals surface area contributed by atoms with Crippen molar-refractivity contribution in [2.24, 2.45) is 0 Å². The first-order valence-corrected chi connectivity index (χ1v) is 5.93. The lowest BCUT2D eigenvalue weighted by Gasteiger charge is -2.01. The van der Waals surface area contributed by atoms with E-state index < -0.39 is 0 Å². The first kappa shape index (κ1) is 10.4. The maximum Gasteiger partial charge on any atom is 0.252 e. The minimum atomic E-state index is -0.153. The summed E-state index contributed by atoms with van der Waals surface area (Å²) >= 11 is 5.03. The number of hydrogen-bond donors (Lipinski definition) is 2. The molecule has 0 aliphatic carbocycles. The van der Waals surface area contributed by atoms with Gasteiger partial charge in [0.1, 0.15) is 5.82 Å². The number of thiophene rings is 1. The molecule has 2 aromatic heterocycles. The molecule has 2 heterocycles. The second-order valence-electron chi connectivity index (χ2n) is 2.88. The normalized spacial score (nSPS) is 10.2. The number of hydrogen-bond acceptors (Lipinski definition) is 4. The second-order valence-corrected chi connectivity index (χ2v) is 4.79. The first-order chi connectivity index (χ1) is 7.24. The van der Waals surface area contributed by atoms with Gasteiger partial charge in [-0.05, 0) is 22.0 Å². The Morgan fingerprint density at radius 2 is 2.40 bits per heavy atom. The zero-order chi connectivity index (χ0) is 10.7. The molecule has 0 saturated heterocycles. The van der Waals surface area contributed by atoms with E-state index in [-0.39, 0.29) is 5.56 Å². The molecule has 0 aliphatic heterocycles. The predicted molar refractivity (Wildman–Crippen MR) is 64.2 cm³/mol. The Labute approximate surface area is 98.5 Å². The quantitative estimate of drug-likeness (QED) is 0.909. The summed E-state index contributed by atoms with van der Waals surface area (Å²) in [4.78, 5) is 18.6. The molecule has 0 aromatic carbocycles. The van der Waals surface area contributed by atoms with Crippen LogP contribution in [0.2, 0.25) is 0 Å². The maximum absolute atomic E-state index is 11.0. The molecule has 2 rings (SSSR count). The number of rotatable bonds is 3. The molecular weight excluding hydrogens is 278 g/mol. The van der Waals surface area contributed by atoms with Crippen LogP contribution in [-0.2, 0) is 6.54 Å². The molecule has 15 heavy (non-hydrogen) atoms. The number of aromatic amines is 1. The Hall–Kier alpha value is -1.14. The Morgan fingerprint density at radius 3 is 3.07 bits per heavy atom. The molecule has 0 fully saturated rings. The van der Waals surface area contributed by atoms with Crippen molar-refractivity contribution in [2.75, 3.05) is 5.32 Å². The highest BCUT2D eigenvalue weighted by molar-refractivity contribution is 9.10. The molecule has 0 radical (unpaired) electrons. The molecule has 4 nitrogen and oxygen atoms in total. The molecule has 6 heteroatoms.